The fourth-order valence-electron chi connectivity index (χ4n) is 2.90. The summed E-state index contributed by atoms with van der Waals surface area (Å²) in [7, 11) is 1.86. The summed E-state index contributed by atoms with van der Waals surface area (Å²) in [6, 6.07) is 0. The van der Waals surface area contributed by atoms with Gasteiger partial charge in [0.25, 0.3) is 0 Å². The van der Waals surface area contributed by atoms with Crippen LogP contribution in [0.4, 0.5) is 0 Å². The van der Waals surface area contributed by atoms with Crippen LogP contribution in [0, 0.1) is 0 Å². The van der Waals surface area contributed by atoms with E-state index in [0.717, 1.165) is 30.4 Å². The average Bonchev–Trinajstić information content (AvgIpc) is 2.74. The van der Waals surface area contributed by atoms with Gasteiger partial charge in [0.1, 0.15) is 0 Å². The molecule has 1 atom stereocenters. The smallest absolute Gasteiger partial charge is 0.382 e. The van der Waals surface area contributed by atoms with Gasteiger partial charge < -0.3 is 37.8 Å². The lowest BCUT2D eigenvalue weighted by Gasteiger charge is -2.37. The zero-order valence-electron chi connectivity index (χ0n) is 19.9. The number of phosphoric ester groups is 1. The molecule has 1 saturated heterocycles. The van der Waals surface area contributed by atoms with E-state index in [9.17, 15) is 9.46 Å². The van der Waals surface area contributed by atoms with E-state index < -0.39 is 7.82 Å². The van der Waals surface area contributed by atoms with Crippen molar-refractivity contribution in [2.75, 3.05) is 114 Å². The second-order valence-corrected chi connectivity index (χ2v) is 9.45. The minimum absolute atomic E-state index is 0.0113. The highest BCUT2D eigenvalue weighted by Crippen LogP contribution is 2.46. The Morgan fingerprint density at radius 2 is 1.09 bits per heavy atom. The topological polar surface area (TPSA) is 111 Å². The van der Waals surface area contributed by atoms with Gasteiger partial charge in [-0.05, 0) is 0 Å². The number of methoxy groups -OCH3 is 1. The van der Waals surface area contributed by atoms with Crippen molar-refractivity contribution in [3.05, 3.63) is 0 Å². The van der Waals surface area contributed by atoms with Gasteiger partial charge in [-0.3, -0.25) is 9.05 Å². The summed E-state index contributed by atoms with van der Waals surface area (Å²) in [5.41, 5.74) is 0. The molecule has 0 bridgehead atoms. The third-order valence-electron chi connectivity index (χ3n) is 4.80. The Bertz CT molecular complexity index is 487. The van der Waals surface area contributed by atoms with Crippen molar-refractivity contribution in [3.8, 4) is 0 Å². The van der Waals surface area contributed by atoms with E-state index in [2.05, 4.69) is 14.1 Å². The first-order valence-electron chi connectivity index (χ1n) is 11.2. The van der Waals surface area contributed by atoms with Gasteiger partial charge in [0.05, 0.1) is 113 Å². The zero-order valence-corrected chi connectivity index (χ0v) is 20.8. The van der Waals surface area contributed by atoms with Gasteiger partial charge in [0, 0.05) is 20.0 Å². The number of hydrogen-bond donors (Lipinski definition) is 1. The van der Waals surface area contributed by atoms with E-state index in [1.54, 1.807) is 7.11 Å². The summed E-state index contributed by atoms with van der Waals surface area (Å²) in [6.45, 7) is 6.93. The average molecular weight is 489 g/mol. The molecule has 0 aromatic rings. The Balaban J connectivity index is 1.81. The molecule has 0 aliphatic carbocycles. The first-order chi connectivity index (χ1) is 15.3. The van der Waals surface area contributed by atoms with Crippen molar-refractivity contribution in [1.82, 2.24) is 0 Å². The molecular weight excluding hydrogens is 445 g/mol. The number of likely N-dealkylation sites (tertiary alicyclic amines) is 1. The Labute approximate surface area is 192 Å². The van der Waals surface area contributed by atoms with Gasteiger partial charge in [-0.25, -0.2) is 4.57 Å². The van der Waals surface area contributed by atoms with E-state index in [-0.39, 0.29) is 19.3 Å². The van der Waals surface area contributed by atoms with Crippen LogP contribution in [0.3, 0.4) is 0 Å². The molecule has 0 spiro atoms. The molecule has 1 fully saturated rings. The molecule has 1 rings (SSSR count). The lowest BCUT2D eigenvalue weighted by Crippen LogP contribution is -2.47. The van der Waals surface area contributed by atoms with Crippen LogP contribution < -0.4 is 0 Å². The van der Waals surface area contributed by atoms with Gasteiger partial charge >= 0.3 is 7.82 Å². The molecule has 0 amide bonds. The van der Waals surface area contributed by atoms with Crippen LogP contribution in [0.25, 0.3) is 0 Å². The Morgan fingerprint density at radius 3 is 1.50 bits per heavy atom. The van der Waals surface area contributed by atoms with Crippen LogP contribution in [0.5, 0.6) is 0 Å². The first-order valence-corrected chi connectivity index (χ1v) is 12.7. The molecule has 192 valence electrons. The molecule has 12 heteroatoms. The highest BCUT2D eigenvalue weighted by atomic mass is 31.2. The van der Waals surface area contributed by atoms with Crippen molar-refractivity contribution < 1.29 is 51.4 Å². The van der Waals surface area contributed by atoms with Crippen LogP contribution in [-0.2, 0) is 42.0 Å². The number of quaternary nitrogens is 1. The summed E-state index contributed by atoms with van der Waals surface area (Å²) >= 11 is 0. The SMILES string of the molecule is COCCOCCOCCOCCOCCOCCOP(=O)(O)OC1CC[N+](C)(C)CC1. The van der Waals surface area contributed by atoms with Gasteiger partial charge in [0.15, 0.2) is 0 Å². The van der Waals surface area contributed by atoms with Gasteiger partial charge in [0.2, 0.25) is 0 Å². The van der Waals surface area contributed by atoms with E-state index in [4.69, 9.17) is 37.5 Å². The Kier molecular flexibility index (Phi) is 17.0. The molecular formula is C20H43NO10P+. The zero-order chi connectivity index (χ0) is 23.5. The summed E-state index contributed by atoms with van der Waals surface area (Å²) in [4.78, 5) is 9.82. The molecule has 0 aromatic heterocycles. The normalized spacial score (nSPS) is 18.6. The van der Waals surface area contributed by atoms with E-state index in [1.807, 2.05) is 0 Å². The molecule has 0 saturated carbocycles. The van der Waals surface area contributed by atoms with Gasteiger partial charge in [-0.2, -0.15) is 0 Å². The maximum absolute atomic E-state index is 12.0. The summed E-state index contributed by atoms with van der Waals surface area (Å²) < 4.78 is 54.8. The van der Waals surface area contributed by atoms with E-state index in [1.165, 1.54) is 0 Å². The number of hydrogen-bond acceptors (Lipinski definition) is 9. The molecule has 32 heavy (non-hydrogen) atoms. The highest BCUT2D eigenvalue weighted by Gasteiger charge is 2.32. The van der Waals surface area contributed by atoms with Crippen molar-refractivity contribution in [2.24, 2.45) is 0 Å². The van der Waals surface area contributed by atoms with Crippen LogP contribution in [0.2, 0.25) is 0 Å². The fourth-order valence-corrected chi connectivity index (χ4v) is 3.86. The molecule has 1 heterocycles. The summed E-state index contributed by atoms with van der Waals surface area (Å²) in [6.07, 6.45) is 1.26. The van der Waals surface area contributed by atoms with E-state index >= 15 is 0 Å². The van der Waals surface area contributed by atoms with Crippen molar-refractivity contribution in [3.63, 3.8) is 0 Å². The molecule has 1 aliphatic heterocycles. The van der Waals surface area contributed by atoms with Crippen LogP contribution in [0.15, 0.2) is 0 Å². The van der Waals surface area contributed by atoms with E-state index in [0.29, 0.717) is 66.1 Å². The van der Waals surface area contributed by atoms with Gasteiger partial charge in [-0.1, -0.05) is 0 Å². The molecule has 1 N–H and O–H groups in total. The van der Waals surface area contributed by atoms with Crippen LogP contribution >= 0.6 is 7.82 Å². The standard InChI is InChI=1S/C20H42NO10P/c1-21(2)6-4-20(5-7-21)31-32(22,23)30-19-18-29-17-16-28-15-14-27-13-12-26-11-10-25-9-8-24-3/h20H,4-19H2,1-3H3/p+1. The predicted molar refractivity (Wildman–Crippen MR) is 118 cm³/mol. The van der Waals surface area contributed by atoms with Gasteiger partial charge in [-0.15, -0.1) is 0 Å². The number of ether oxygens (including phenoxy) is 6. The van der Waals surface area contributed by atoms with Crippen molar-refractivity contribution in [2.45, 2.75) is 18.9 Å². The monoisotopic (exact) mass is 488 g/mol. The number of nitrogens with zero attached hydrogens (tertiary/aromatic N) is 1. The molecule has 1 unspecified atom stereocenters. The fraction of sp³-hybridized carbons (Fsp3) is 1.00. The number of piperidine rings is 1. The third kappa shape index (κ3) is 17.3. The quantitative estimate of drug-likeness (QED) is 0.143. The maximum atomic E-state index is 12.0. The predicted octanol–water partition coefficient (Wildman–Crippen LogP) is 1.09. The lowest BCUT2D eigenvalue weighted by molar-refractivity contribution is -0.896. The Hall–Kier alpha value is -0.170. The molecule has 11 nitrogen and oxygen atoms in total. The van der Waals surface area contributed by atoms with Crippen LogP contribution in [-0.4, -0.2) is 129 Å². The summed E-state index contributed by atoms with van der Waals surface area (Å²) in [5.74, 6) is 0. The molecule has 1 aliphatic rings. The maximum Gasteiger partial charge on any atom is 0.472 e. The molecule has 0 radical (unpaired) electrons. The second kappa shape index (κ2) is 18.2. The lowest BCUT2D eigenvalue weighted by atomic mass is 10.1. The van der Waals surface area contributed by atoms with Crippen molar-refractivity contribution in [1.29, 1.82) is 0 Å². The minimum Gasteiger partial charge on any atom is -0.382 e. The Morgan fingerprint density at radius 1 is 0.719 bits per heavy atom. The highest BCUT2D eigenvalue weighted by molar-refractivity contribution is 7.47. The largest absolute Gasteiger partial charge is 0.472 e. The number of rotatable bonds is 21. The van der Waals surface area contributed by atoms with Crippen LogP contribution in [0.1, 0.15) is 12.8 Å². The first kappa shape index (κ1) is 29.9. The minimum atomic E-state index is -4.05. The third-order valence-corrected chi connectivity index (χ3v) is 5.87. The molecule has 0 aromatic carbocycles. The number of phosphoric acid groups is 1. The summed E-state index contributed by atoms with van der Waals surface area (Å²) in [5, 5.41) is 0. The second-order valence-electron chi connectivity index (χ2n) is 8.04. The van der Waals surface area contributed by atoms with Crippen molar-refractivity contribution >= 4 is 7.82 Å².